The number of carbonyl (C=O) groups excluding carboxylic acids is 1. The van der Waals surface area contributed by atoms with E-state index in [1.807, 2.05) is 35.2 Å². The van der Waals surface area contributed by atoms with Crippen molar-refractivity contribution in [1.29, 1.82) is 0 Å². The van der Waals surface area contributed by atoms with Crippen LogP contribution in [0.4, 0.5) is 0 Å². The predicted octanol–water partition coefficient (Wildman–Crippen LogP) is 4.16. The van der Waals surface area contributed by atoms with Crippen LogP contribution in [0.15, 0.2) is 54.6 Å². The van der Waals surface area contributed by atoms with E-state index in [0.717, 1.165) is 54.1 Å². The molecule has 4 rings (SSSR count). The van der Waals surface area contributed by atoms with Gasteiger partial charge in [-0.1, -0.05) is 30.3 Å². The van der Waals surface area contributed by atoms with Crippen molar-refractivity contribution in [3.63, 3.8) is 0 Å². The topological polar surface area (TPSA) is 46.5 Å². The summed E-state index contributed by atoms with van der Waals surface area (Å²) in [5, 5.41) is 4.57. The van der Waals surface area contributed by atoms with Crippen molar-refractivity contribution in [3.8, 4) is 5.75 Å². The van der Waals surface area contributed by atoms with Crippen molar-refractivity contribution in [2.24, 2.45) is 5.92 Å². The maximum absolute atomic E-state index is 13.6. The zero-order chi connectivity index (χ0) is 20.9. The molecular formula is C25H31N3O2. The van der Waals surface area contributed by atoms with E-state index in [0.29, 0.717) is 12.5 Å². The molecule has 1 N–H and O–H groups in total. The quantitative estimate of drug-likeness (QED) is 0.642. The third-order valence-corrected chi connectivity index (χ3v) is 6.08. The molecular weight excluding hydrogens is 374 g/mol. The lowest BCUT2D eigenvalue weighted by Gasteiger charge is -2.29. The molecule has 2 heterocycles. The number of fused-ring (bicyclic) bond motifs is 1. The summed E-state index contributed by atoms with van der Waals surface area (Å²) in [7, 11) is 1.67. The largest absolute Gasteiger partial charge is 0.497 e. The van der Waals surface area contributed by atoms with Gasteiger partial charge in [0.05, 0.1) is 7.11 Å². The van der Waals surface area contributed by atoms with Gasteiger partial charge in [0.1, 0.15) is 11.4 Å². The van der Waals surface area contributed by atoms with Gasteiger partial charge in [-0.2, -0.15) is 0 Å². The number of ether oxygens (including phenoxy) is 1. The summed E-state index contributed by atoms with van der Waals surface area (Å²) >= 11 is 0. The number of nitrogens with zero attached hydrogens (tertiary/aromatic N) is 2. The van der Waals surface area contributed by atoms with Crippen LogP contribution < -0.4 is 10.1 Å². The van der Waals surface area contributed by atoms with Crippen LogP contribution in [0.5, 0.6) is 5.75 Å². The zero-order valence-electron chi connectivity index (χ0n) is 17.9. The summed E-state index contributed by atoms with van der Waals surface area (Å²) in [4.78, 5) is 15.6. The molecule has 1 aliphatic heterocycles. The second kappa shape index (κ2) is 9.35. The van der Waals surface area contributed by atoms with Crippen LogP contribution in [0.25, 0.3) is 10.9 Å². The molecule has 0 spiro atoms. The van der Waals surface area contributed by atoms with Gasteiger partial charge >= 0.3 is 0 Å². The second-order valence-corrected chi connectivity index (χ2v) is 8.08. The normalized spacial score (nSPS) is 16.5. The molecule has 1 saturated heterocycles. The van der Waals surface area contributed by atoms with E-state index in [1.54, 1.807) is 7.11 Å². The fourth-order valence-electron chi connectivity index (χ4n) is 4.38. The Hall–Kier alpha value is -2.79. The van der Waals surface area contributed by atoms with Gasteiger partial charge in [-0.15, -0.1) is 0 Å². The molecule has 0 aliphatic carbocycles. The van der Waals surface area contributed by atoms with E-state index in [-0.39, 0.29) is 5.91 Å². The summed E-state index contributed by atoms with van der Waals surface area (Å²) in [6, 6.07) is 18.3. The number of aromatic nitrogens is 1. The SMILES string of the molecule is CCN(CC1CCCNC1)C(=O)c1cc2ccccc2n1Cc1ccc(OC)cc1. The van der Waals surface area contributed by atoms with Crippen molar-refractivity contribution >= 4 is 16.8 Å². The molecule has 1 amide bonds. The van der Waals surface area contributed by atoms with Crippen LogP contribution in [0, 0.1) is 5.92 Å². The van der Waals surface area contributed by atoms with Gasteiger partial charge in [0.2, 0.25) is 0 Å². The molecule has 0 bridgehead atoms. The van der Waals surface area contributed by atoms with Crippen LogP contribution in [-0.4, -0.2) is 48.7 Å². The maximum atomic E-state index is 13.6. The molecule has 1 atom stereocenters. The summed E-state index contributed by atoms with van der Waals surface area (Å²) in [5.41, 5.74) is 3.00. The molecule has 0 saturated carbocycles. The monoisotopic (exact) mass is 405 g/mol. The van der Waals surface area contributed by atoms with Crippen molar-refractivity contribution < 1.29 is 9.53 Å². The first kappa shape index (κ1) is 20.5. The number of rotatable bonds is 7. The molecule has 30 heavy (non-hydrogen) atoms. The number of methoxy groups -OCH3 is 1. The molecule has 1 unspecified atom stereocenters. The zero-order valence-corrected chi connectivity index (χ0v) is 17.9. The number of para-hydroxylation sites is 1. The molecule has 5 heteroatoms. The summed E-state index contributed by atoms with van der Waals surface area (Å²) < 4.78 is 7.44. The molecule has 0 radical (unpaired) electrons. The number of hydrogen-bond acceptors (Lipinski definition) is 3. The first-order valence-corrected chi connectivity index (χ1v) is 10.9. The van der Waals surface area contributed by atoms with E-state index in [4.69, 9.17) is 4.74 Å². The van der Waals surface area contributed by atoms with E-state index in [9.17, 15) is 4.79 Å². The maximum Gasteiger partial charge on any atom is 0.270 e. The Kier molecular flexibility index (Phi) is 6.38. The number of carbonyl (C=O) groups is 1. The molecule has 1 aliphatic rings. The van der Waals surface area contributed by atoms with Crippen LogP contribution in [-0.2, 0) is 6.54 Å². The molecule has 158 valence electrons. The van der Waals surface area contributed by atoms with Gasteiger partial charge in [-0.05, 0) is 68.6 Å². The lowest BCUT2D eigenvalue weighted by Crippen LogP contribution is -2.41. The van der Waals surface area contributed by atoms with E-state index >= 15 is 0 Å². The Balaban J connectivity index is 1.64. The number of nitrogens with one attached hydrogen (secondary N) is 1. The fraction of sp³-hybridized carbons (Fsp3) is 0.400. The minimum absolute atomic E-state index is 0.118. The lowest BCUT2D eigenvalue weighted by atomic mass is 9.99. The van der Waals surface area contributed by atoms with Crippen LogP contribution in [0.2, 0.25) is 0 Å². The molecule has 2 aromatic carbocycles. The Bertz CT molecular complexity index is 987. The minimum atomic E-state index is 0.118. The standard InChI is InChI=1S/C25H31N3O2/c1-3-27(17-20-7-6-14-26-16-20)25(29)24-15-21-8-4-5-9-23(21)28(24)18-19-10-12-22(30-2)13-11-19/h4-5,8-13,15,20,26H,3,6-7,14,16-18H2,1-2H3. The van der Waals surface area contributed by atoms with Crippen LogP contribution >= 0.6 is 0 Å². The smallest absolute Gasteiger partial charge is 0.270 e. The highest BCUT2D eigenvalue weighted by atomic mass is 16.5. The van der Waals surface area contributed by atoms with E-state index in [2.05, 4.69) is 41.1 Å². The number of benzene rings is 2. The molecule has 1 fully saturated rings. The van der Waals surface area contributed by atoms with E-state index < -0.39 is 0 Å². The van der Waals surface area contributed by atoms with Gasteiger partial charge in [0, 0.05) is 30.5 Å². The number of amides is 1. The van der Waals surface area contributed by atoms with Crippen molar-refractivity contribution in [1.82, 2.24) is 14.8 Å². The molecule has 3 aromatic rings. The second-order valence-electron chi connectivity index (χ2n) is 8.08. The highest BCUT2D eigenvalue weighted by Crippen LogP contribution is 2.24. The summed E-state index contributed by atoms with van der Waals surface area (Å²) in [5.74, 6) is 1.49. The van der Waals surface area contributed by atoms with Gasteiger partial charge < -0.3 is 19.5 Å². The first-order valence-electron chi connectivity index (χ1n) is 10.9. The Morgan fingerprint density at radius 1 is 1.20 bits per heavy atom. The average Bonchev–Trinajstić information content (AvgIpc) is 3.16. The first-order chi connectivity index (χ1) is 14.7. The average molecular weight is 406 g/mol. The van der Waals surface area contributed by atoms with Gasteiger partial charge in [-0.3, -0.25) is 4.79 Å². The number of piperidine rings is 1. The van der Waals surface area contributed by atoms with Gasteiger partial charge in [0.25, 0.3) is 5.91 Å². The van der Waals surface area contributed by atoms with Crippen LogP contribution in [0.3, 0.4) is 0 Å². The highest BCUT2D eigenvalue weighted by molar-refractivity contribution is 5.98. The summed E-state index contributed by atoms with van der Waals surface area (Å²) in [6.07, 6.45) is 2.37. The predicted molar refractivity (Wildman–Crippen MR) is 121 cm³/mol. The third kappa shape index (κ3) is 4.36. The molecule has 1 aromatic heterocycles. The Morgan fingerprint density at radius 3 is 2.70 bits per heavy atom. The lowest BCUT2D eigenvalue weighted by molar-refractivity contribution is 0.0719. The summed E-state index contributed by atoms with van der Waals surface area (Å²) in [6.45, 7) is 6.35. The highest BCUT2D eigenvalue weighted by Gasteiger charge is 2.24. The van der Waals surface area contributed by atoms with E-state index in [1.165, 1.54) is 12.8 Å². The third-order valence-electron chi connectivity index (χ3n) is 6.08. The fourth-order valence-corrected chi connectivity index (χ4v) is 4.38. The van der Waals surface area contributed by atoms with Gasteiger partial charge in [0.15, 0.2) is 0 Å². The molecule has 5 nitrogen and oxygen atoms in total. The van der Waals surface area contributed by atoms with Crippen molar-refractivity contribution in [2.75, 3.05) is 33.3 Å². The van der Waals surface area contributed by atoms with Crippen molar-refractivity contribution in [3.05, 3.63) is 65.9 Å². The Morgan fingerprint density at radius 2 is 2.00 bits per heavy atom. The number of hydrogen-bond donors (Lipinski definition) is 1. The minimum Gasteiger partial charge on any atom is -0.497 e. The van der Waals surface area contributed by atoms with Gasteiger partial charge in [-0.25, -0.2) is 0 Å². The van der Waals surface area contributed by atoms with Crippen molar-refractivity contribution in [2.45, 2.75) is 26.3 Å². The Labute approximate surface area is 178 Å². The van der Waals surface area contributed by atoms with Crippen LogP contribution in [0.1, 0.15) is 35.8 Å².